The van der Waals surface area contributed by atoms with Crippen molar-refractivity contribution in [2.75, 3.05) is 6.26 Å². The van der Waals surface area contributed by atoms with Gasteiger partial charge < -0.3 is 5.11 Å². The highest BCUT2D eigenvalue weighted by molar-refractivity contribution is 7.90. The number of sulfone groups is 1. The predicted molar refractivity (Wildman–Crippen MR) is 110 cm³/mol. The van der Waals surface area contributed by atoms with Gasteiger partial charge in [0.15, 0.2) is 21.3 Å². The number of carboxylic acid groups (broad SMARTS) is 1. The van der Waals surface area contributed by atoms with Crippen LogP contribution in [0.15, 0.2) is 76.8 Å². The minimum Gasteiger partial charge on any atom is -0.478 e. The third-order valence-corrected chi connectivity index (χ3v) is 5.52. The van der Waals surface area contributed by atoms with Crippen LogP contribution in [0.1, 0.15) is 10.4 Å². The first kappa shape index (κ1) is 20.2. The van der Waals surface area contributed by atoms with Crippen LogP contribution < -0.4 is 5.43 Å². The van der Waals surface area contributed by atoms with Crippen LogP contribution in [0.2, 0.25) is 0 Å². The maximum atomic E-state index is 12.6. The molecule has 0 aliphatic heterocycles. The molecule has 0 unspecified atom stereocenters. The molecule has 0 atom stereocenters. The Labute approximate surface area is 176 Å². The standard InChI is InChI=1S/C20H15N5O5S/c1-31(29,30)15-4-2-3-14(12-15)24-10-7-17(26)19(23-24)16-6-9-22-25(16)18-11-13(20(27)28)5-8-21-18/h2-12H,1H3,(H,27,28). The molecule has 10 nitrogen and oxygen atoms in total. The van der Waals surface area contributed by atoms with Crippen molar-refractivity contribution < 1.29 is 18.3 Å². The Morgan fingerprint density at radius 2 is 1.87 bits per heavy atom. The summed E-state index contributed by atoms with van der Waals surface area (Å²) >= 11 is 0. The second kappa shape index (κ2) is 7.61. The van der Waals surface area contributed by atoms with Crippen molar-refractivity contribution in [1.82, 2.24) is 24.5 Å². The van der Waals surface area contributed by atoms with E-state index in [-0.39, 0.29) is 22.0 Å². The molecular weight excluding hydrogens is 422 g/mol. The van der Waals surface area contributed by atoms with Gasteiger partial charge in [0, 0.05) is 24.7 Å². The summed E-state index contributed by atoms with van der Waals surface area (Å²) in [5, 5.41) is 17.7. The first-order valence-corrected chi connectivity index (χ1v) is 10.8. The van der Waals surface area contributed by atoms with Gasteiger partial charge in [-0.05, 0) is 36.4 Å². The second-order valence-electron chi connectivity index (χ2n) is 6.58. The lowest BCUT2D eigenvalue weighted by atomic mass is 10.2. The van der Waals surface area contributed by atoms with Crippen molar-refractivity contribution in [2.45, 2.75) is 4.90 Å². The number of pyridine rings is 1. The van der Waals surface area contributed by atoms with Crippen LogP contribution in [0.25, 0.3) is 22.9 Å². The van der Waals surface area contributed by atoms with Gasteiger partial charge in [0.25, 0.3) is 0 Å². The van der Waals surface area contributed by atoms with Crippen LogP contribution in [0.4, 0.5) is 0 Å². The van der Waals surface area contributed by atoms with Gasteiger partial charge >= 0.3 is 5.97 Å². The Morgan fingerprint density at radius 1 is 1.06 bits per heavy atom. The smallest absolute Gasteiger partial charge is 0.335 e. The molecule has 0 aliphatic carbocycles. The molecule has 0 fully saturated rings. The van der Waals surface area contributed by atoms with E-state index in [2.05, 4.69) is 15.2 Å². The molecule has 0 saturated carbocycles. The van der Waals surface area contributed by atoms with E-state index in [1.54, 1.807) is 18.2 Å². The lowest BCUT2D eigenvalue weighted by Crippen LogP contribution is -2.15. The number of benzene rings is 1. The molecule has 1 N–H and O–H groups in total. The van der Waals surface area contributed by atoms with E-state index in [1.807, 2.05) is 0 Å². The highest BCUT2D eigenvalue weighted by atomic mass is 32.2. The van der Waals surface area contributed by atoms with Crippen LogP contribution >= 0.6 is 0 Å². The molecule has 3 heterocycles. The van der Waals surface area contributed by atoms with Crippen LogP contribution in [0.3, 0.4) is 0 Å². The van der Waals surface area contributed by atoms with Crippen LogP contribution in [-0.4, -0.2) is 50.3 Å². The average Bonchev–Trinajstić information content (AvgIpc) is 3.23. The molecule has 31 heavy (non-hydrogen) atoms. The largest absolute Gasteiger partial charge is 0.478 e. The van der Waals surface area contributed by atoms with E-state index in [9.17, 15) is 23.1 Å². The van der Waals surface area contributed by atoms with E-state index in [0.717, 1.165) is 6.26 Å². The molecule has 4 rings (SSSR count). The van der Waals surface area contributed by atoms with Crippen molar-refractivity contribution in [1.29, 1.82) is 0 Å². The number of aromatic carboxylic acids is 1. The van der Waals surface area contributed by atoms with Crippen LogP contribution in [0, 0.1) is 0 Å². The quantitative estimate of drug-likeness (QED) is 0.497. The molecule has 1 aromatic carbocycles. The minimum atomic E-state index is -3.42. The fourth-order valence-electron chi connectivity index (χ4n) is 2.92. The lowest BCUT2D eigenvalue weighted by Gasteiger charge is -2.10. The third-order valence-electron chi connectivity index (χ3n) is 4.41. The summed E-state index contributed by atoms with van der Waals surface area (Å²) < 4.78 is 26.4. The zero-order valence-electron chi connectivity index (χ0n) is 16.1. The Morgan fingerprint density at radius 3 is 2.61 bits per heavy atom. The Bertz CT molecular complexity index is 1470. The van der Waals surface area contributed by atoms with E-state index in [0.29, 0.717) is 11.4 Å². The third kappa shape index (κ3) is 3.98. The molecule has 0 aliphatic rings. The molecular formula is C20H15N5O5S. The molecule has 11 heteroatoms. The van der Waals surface area contributed by atoms with Crippen molar-refractivity contribution in [2.24, 2.45) is 0 Å². The molecule has 0 radical (unpaired) electrons. The van der Waals surface area contributed by atoms with Gasteiger partial charge in [-0.2, -0.15) is 10.2 Å². The summed E-state index contributed by atoms with van der Waals surface area (Å²) in [5.74, 6) is -0.918. The lowest BCUT2D eigenvalue weighted by molar-refractivity contribution is 0.0696. The van der Waals surface area contributed by atoms with Gasteiger partial charge in [-0.3, -0.25) is 4.79 Å². The first-order chi connectivity index (χ1) is 14.7. The number of aromatic nitrogens is 5. The van der Waals surface area contributed by atoms with Gasteiger partial charge in [0.05, 0.1) is 22.3 Å². The molecule has 0 amide bonds. The number of carbonyl (C=O) groups is 1. The molecule has 3 aromatic heterocycles. The summed E-state index contributed by atoms with van der Waals surface area (Å²) in [4.78, 5) is 28.1. The van der Waals surface area contributed by atoms with Crippen molar-refractivity contribution in [3.05, 3.63) is 82.9 Å². The fraction of sp³-hybridized carbons (Fsp3) is 0.0500. The number of hydrogen-bond donors (Lipinski definition) is 1. The van der Waals surface area contributed by atoms with E-state index in [4.69, 9.17) is 0 Å². The van der Waals surface area contributed by atoms with Crippen molar-refractivity contribution in [3.63, 3.8) is 0 Å². The number of nitrogens with zero attached hydrogens (tertiary/aromatic N) is 5. The summed E-state index contributed by atoms with van der Waals surface area (Å²) in [6, 6.07) is 11.7. The summed E-state index contributed by atoms with van der Waals surface area (Å²) in [7, 11) is -3.42. The van der Waals surface area contributed by atoms with E-state index >= 15 is 0 Å². The summed E-state index contributed by atoms with van der Waals surface area (Å²) in [6.45, 7) is 0. The zero-order chi connectivity index (χ0) is 22.2. The van der Waals surface area contributed by atoms with Crippen molar-refractivity contribution in [3.8, 4) is 22.9 Å². The topological polar surface area (TPSA) is 137 Å². The number of hydrogen-bond acceptors (Lipinski definition) is 7. The van der Waals surface area contributed by atoms with Crippen LogP contribution in [0.5, 0.6) is 0 Å². The molecule has 4 aromatic rings. The normalized spacial score (nSPS) is 11.4. The Kier molecular flexibility index (Phi) is 4.95. The van der Waals surface area contributed by atoms with E-state index < -0.39 is 21.2 Å². The average molecular weight is 437 g/mol. The van der Waals surface area contributed by atoms with Crippen molar-refractivity contribution >= 4 is 15.8 Å². The van der Waals surface area contributed by atoms with Gasteiger partial charge in [0.1, 0.15) is 5.69 Å². The number of rotatable bonds is 5. The summed E-state index contributed by atoms with van der Waals surface area (Å²) in [5.41, 5.74) is 0.399. The zero-order valence-corrected chi connectivity index (χ0v) is 16.9. The summed E-state index contributed by atoms with van der Waals surface area (Å²) in [6.07, 6.45) is 5.30. The minimum absolute atomic E-state index is 0.0162. The van der Waals surface area contributed by atoms with Gasteiger partial charge in [-0.25, -0.2) is 27.6 Å². The van der Waals surface area contributed by atoms with Gasteiger partial charge in [0.2, 0.25) is 5.43 Å². The maximum absolute atomic E-state index is 12.6. The van der Waals surface area contributed by atoms with Crippen LogP contribution in [-0.2, 0) is 9.84 Å². The van der Waals surface area contributed by atoms with Gasteiger partial charge in [-0.1, -0.05) is 6.07 Å². The molecule has 156 valence electrons. The second-order valence-corrected chi connectivity index (χ2v) is 8.59. The predicted octanol–water partition coefficient (Wildman–Crippen LogP) is 1.58. The highest BCUT2D eigenvalue weighted by Gasteiger charge is 2.16. The first-order valence-electron chi connectivity index (χ1n) is 8.88. The molecule has 0 saturated heterocycles. The highest BCUT2D eigenvalue weighted by Crippen LogP contribution is 2.19. The molecule has 0 bridgehead atoms. The Hall–Kier alpha value is -4.12. The van der Waals surface area contributed by atoms with E-state index in [1.165, 1.54) is 58.3 Å². The fourth-order valence-corrected chi connectivity index (χ4v) is 3.58. The number of carboxylic acids is 1. The SMILES string of the molecule is CS(=O)(=O)c1cccc(-n2ccc(=O)c(-c3ccnn3-c3cc(C(=O)O)ccn3)n2)c1. The molecule has 0 spiro atoms. The Balaban J connectivity index is 1.84. The monoisotopic (exact) mass is 437 g/mol. The maximum Gasteiger partial charge on any atom is 0.335 e. The van der Waals surface area contributed by atoms with Gasteiger partial charge in [-0.15, -0.1) is 0 Å².